The predicted octanol–water partition coefficient (Wildman–Crippen LogP) is 25.6. The van der Waals surface area contributed by atoms with Crippen molar-refractivity contribution >= 4 is 39.5 Å². The molecule has 0 rings (SSSR count). The fraction of sp³-hybridized carbons (Fsp3) is 0.816. The fourth-order valence-corrected chi connectivity index (χ4v) is 13.6. The molecule has 17 nitrogen and oxygen atoms in total. The second-order valence-electron chi connectivity index (χ2n) is 29.1. The Balaban J connectivity index is 5.38. The van der Waals surface area contributed by atoms with Crippen molar-refractivity contribution in [1.82, 2.24) is 0 Å². The predicted molar refractivity (Wildman–Crippen MR) is 436 cm³/mol. The number of phosphoric ester groups is 2. The summed E-state index contributed by atoms with van der Waals surface area (Å²) in [7, 11) is -9.97. The number of unbranched alkanes of at least 4 members (excludes halogenated alkanes) is 44. The molecule has 5 atom stereocenters. The molecule has 0 spiro atoms. The Labute approximate surface area is 647 Å². The first-order valence-electron chi connectivity index (χ1n) is 43.2. The average Bonchev–Trinajstić information content (AvgIpc) is 0.902. The van der Waals surface area contributed by atoms with Crippen molar-refractivity contribution < 1.29 is 80.2 Å². The largest absolute Gasteiger partial charge is 0.472 e. The fourth-order valence-electron chi connectivity index (χ4n) is 12.1. The lowest BCUT2D eigenvalue weighted by Crippen LogP contribution is -2.30. The number of hydrogen-bond acceptors (Lipinski definition) is 15. The lowest BCUT2D eigenvalue weighted by atomic mass is 10.0. The molecule has 0 aliphatic heterocycles. The number of esters is 4. The zero-order chi connectivity index (χ0) is 77.4. The van der Waals surface area contributed by atoms with Crippen molar-refractivity contribution in [2.75, 3.05) is 39.6 Å². The summed E-state index contributed by atoms with van der Waals surface area (Å²) < 4.78 is 68.8. The van der Waals surface area contributed by atoms with E-state index in [2.05, 4.69) is 88.5 Å². The van der Waals surface area contributed by atoms with E-state index >= 15 is 0 Å². The Morgan fingerprint density at radius 1 is 0.264 bits per heavy atom. The quantitative estimate of drug-likeness (QED) is 0.0169. The van der Waals surface area contributed by atoms with Crippen LogP contribution < -0.4 is 0 Å². The minimum Gasteiger partial charge on any atom is -0.462 e. The molecule has 0 radical (unpaired) electrons. The highest BCUT2D eigenvalue weighted by Crippen LogP contribution is 2.45. The van der Waals surface area contributed by atoms with Gasteiger partial charge in [0.25, 0.3) is 0 Å². The van der Waals surface area contributed by atoms with Crippen LogP contribution in [0.1, 0.15) is 400 Å². The summed E-state index contributed by atoms with van der Waals surface area (Å²) in [5, 5.41) is 10.7. The van der Waals surface area contributed by atoms with Gasteiger partial charge in [-0.1, -0.05) is 351 Å². The molecule has 618 valence electrons. The third kappa shape index (κ3) is 78.6. The molecule has 106 heavy (non-hydrogen) atoms. The van der Waals surface area contributed by atoms with Gasteiger partial charge in [-0.05, 0) is 96.3 Å². The number of allylic oxidation sites excluding steroid dienone is 12. The lowest BCUT2D eigenvalue weighted by molar-refractivity contribution is -0.161. The molecule has 0 aromatic carbocycles. The maximum Gasteiger partial charge on any atom is 0.472 e. The number of carbonyl (C=O) groups excluding carboxylic acids is 4. The first-order valence-corrected chi connectivity index (χ1v) is 46.2. The van der Waals surface area contributed by atoms with Gasteiger partial charge in [-0.2, -0.15) is 0 Å². The first kappa shape index (κ1) is 102. The highest BCUT2D eigenvalue weighted by molar-refractivity contribution is 7.47. The minimum absolute atomic E-state index is 0.0826. The summed E-state index contributed by atoms with van der Waals surface area (Å²) in [6.45, 7) is 4.85. The first-order chi connectivity index (χ1) is 51.7. The Kier molecular flexibility index (Phi) is 77.0. The highest BCUT2D eigenvalue weighted by atomic mass is 31.2. The molecule has 0 aliphatic rings. The van der Waals surface area contributed by atoms with Gasteiger partial charge in [0, 0.05) is 25.7 Å². The maximum atomic E-state index is 13.1. The van der Waals surface area contributed by atoms with E-state index in [1.54, 1.807) is 0 Å². The lowest BCUT2D eigenvalue weighted by Gasteiger charge is -2.21. The number of carbonyl (C=O) groups is 4. The van der Waals surface area contributed by atoms with Crippen molar-refractivity contribution in [2.24, 2.45) is 0 Å². The van der Waals surface area contributed by atoms with Crippen LogP contribution in [-0.4, -0.2) is 96.7 Å². The second kappa shape index (κ2) is 79.6. The maximum absolute atomic E-state index is 13.1. The smallest absolute Gasteiger partial charge is 0.462 e. The zero-order valence-electron chi connectivity index (χ0n) is 67.9. The van der Waals surface area contributed by atoms with Crippen LogP contribution >= 0.6 is 15.6 Å². The van der Waals surface area contributed by atoms with Crippen molar-refractivity contribution in [3.05, 3.63) is 72.9 Å². The normalized spacial score (nSPS) is 14.1. The van der Waals surface area contributed by atoms with Crippen molar-refractivity contribution in [3.63, 3.8) is 0 Å². The third-order valence-electron chi connectivity index (χ3n) is 18.7. The molecular formula is C87H158O17P2. The molecule has 0 heterocycles. The van der Waals surface area contributed by atoms with Gasteiger partial charge < -0.3 is 33.8 Å². The van der Waals surface area contributed by atoms with Crippen LogP contribution in [0.4, 0.5) is 0 Å². The molecular weight excluding hydrogens is 1380 g/mol. The molecule has 19 heteroatoms. The van der Waals surface area contributed by atoms with E-state index in [9.17, 15) is 43.2 Å². The molecule has 0 saturated heterocycles. The summed E-state index contributed by atoms with van der Waals surface area (Å²) in [6.07, 6.45) is 83.0. The van der Waals surface area contributed by atoms with E-state index in [4.69, 9.17) is 37.0 Å². The number of aliphatic hydroxyl groups excluding tert-OH is 1. The summed E-state index contributed by atoms with van der Waals surface area (Å²) in [5.41, 5.74) is 0. The van der Waals surface area contributed by atoms with Crippen LogP contribution in [0.25, 0.3) is 0 Å². The van der Waals surface area contributed by atoms with Gasteiger partial charge >= 0.3 is 39.5 Å². The Morgan fingerprint density at radius 3 is 0.764 bits per heavy atom. The van der Waals surface area contributed by atoms with E-state index < -0.39 is 97.5 Å². The molecule has 0 amide bonds. The number of hydrogen-bond donors (Lipinski definition) is 3. The topological polar surface area (TPSA) is 237 Å². The van der Waals surface area contributed by atoms with Crippen molar-refractivity contribution in [1.29, 1.82) is 0 Å². The summed E-state index contributed by atoms with van der Waals surface area (Å²) in [5.74, 6) is -2.22. The molecule has 0 aromatic heterocycles. The average molecular weight is 1540 g/mol. The monoisotopic (exact) mass is 1540 g/mol. The van der Waals surface area contributed by atoms with Crippen molar-refractivity contribution in [3.8, 4) is 0 Å². The van der Waals surface area contributed by atoms with Crippen LogP contribution in [0.15, 0.2) is 72.9 Å². The minimum atomic E-state index is -4.99. The van der Waals surface area contributed by atoms with Gasteiger partial charge in [0.05, 0.1) is 26.4 Å². The molecule has 0 bridgehead atoms. The van der Waals surface area contributed by atoms with Crippen LogP contribution in [-0.2, 0) is 65.4 Å². The SMILES string of the molecule is CCCCC/C=C\C/C=C\C/C=C\C/C=C\CCCC(=O)OC[C@H](COP(=O)(O)OC[C@H](O)COP(=O)(O)OC[C@@H](COC(=O)CCCCCCCCCCCCCCCCCCC)OC(=O)CCCCCCC/C=C\C/C=C\CCCCC)OC(=O)CCCCCCCCCCCCCCCCCCC. The Bertz CT molecular complexity index is 2280. The van der Waals surface area contributed by atoms with E-state index in [0.29, 0.717) is 32.1 Å². The molecule has 0 aliphatic carbocycles. The van der Waals surface area contributed by atoms with Gasteiger partial charge in [-0.3, -0.25) is 37.3 Å². The van der Waals surface area contributed by atoms with Crippen LogP contribution in [0.3, 0.4) is 0 Å². The zero-order valence-corrected chi connectivity index (χ0v) is 69.7. The number of phosphoric acid groups is 2. The van der Waals surface area contributed by atoms with Crippen molar-refractivity contribution in [2.45, 2.75) is 418 Å². The molecule has 3 N–H and O–H groups in total. The van der Waals surface area contributed by atoms with Gasteiger partial charge in [0.1, 0.15) is 19.3 Å². The highest BCUT2D eigenvalue weighted by Gasteiger charge is 2.30. The van der Waals surface area contributed by atoms with E-state index in [1.165, 1.54) is 199 Å². The van der Waals surface area contributed by atoms with E-state index in [-0.39, 0.29) is 25.7 Å². The van der Waals surface area contributed by atoms with Crippen LogP contribution in [0, 0.1) is 0 Å². The summed E-state index contributed by atoms with van der Waals surface area (Å²) in [6, 6.07) is 0. The molecule has 2 unspecified atom stereocenters. The molecule has 0 aromatic rings. The van der Waals surface area contributed by atoms with Gasteiger partial charge in [-0.15, -0.1) is 0 Å². The number of aliphatic hydroxyl groups is 1. The van der Waals surface area contributed by atoms with Crippen LogP contribution in [0.5, 0.6) is 0 Å². The van der Waals surface area contributed by atoms with Gasteiger partial charge in [0.15, 0.2) is 12.2 Å². The summed E-state index contributed by atoms with van der Waals surface area (Å²) >= 11 is 0. The number of rotatable bonds is 82. The molecule has 0 fully saturated rings. The third-order valence-corrected chi connectivity index (χ3v) is 20.6. The van der Waals surface area contributed by atoms with E-state index in [0.717, 1.165) is 116 Å². The Hall–Kier alpha value is -3.50. The van der Waals surface area contributed by atoms with Gasteiger partial charge in [0.2, 0.25) is 0 Å². The number of ether oxygens (including phenoxy) is 4. The Morgan fingerprint density at radius 2 is 0.472 bits per heavy atom. The van der Waals surface area contributed by atoms with Crippen LogP contribution in [0.2, 0.25) is 0 Å². The standard InChI is InChI=1S/C87H158O17P2/c1-5-9-13-17-21-25-29-33-37-40-44-47-51-55-59-63-67-71-84(89)97-77-82(103-86(91)73-69-65-61-57-53-49-43-36-32-28-24-20-16-12-8-4)79-101-105(93,94)99-75-81(88)76-100-106(95,96)102-80-83(104-87(92)74-70-66-62-58-54-50-46-42-39-35-31-27-23-19-15-11-7-3)78-98-85(90)72-68-64-60-56-52-48-45-41-38-34-30-26-22-18-14-10-6-2/h22,24,26,28,34,36,38,43,45,48,56,60,81-83,88H,5-21,23,25,27,29-33,35,37,39-42,44,46-47,49-55,57-59,61-80H2,1-4H3,(H,93,94)(H,95,96)/b26-22-,28-24-,38-34-,43-36-,48-45-,60-56-/t81-,82-,83-/m1/s1. The van der Waals surface area contributed by atoms with Gasteiger partial charge in [-0.25, -0.2) is 9.13 Å². The second-order valence-corrected chi connectivity index (χ2v) is 32.0. The molecule has 0 saturated carbocycles. The van der Waals surface area contributed by atoms with E-state index in [1.807, 2.05) is 12.2 Å². The summed E-state index contributed by atoms with van der Waals surface area (Å²) in [4.78, 5) is 73.2.